The summed E-state index contributed by atoms with van der Waals surface area (Å²) in [6, 6.07) is -0.236. The molecule has 0 aliphatic carbocycles. The molecule has 1 heterocycles. The van der Waals surface area contributed by atoms with Crippen molar-refractivity contribution in [2.45, 2.75) is 39.7 Å². The third-order valence-electron chi connectivity index (χ3n) is 2.47. The van der Waals surface area contributed by atoms with Crippen LogP contribution in [-0.4, -0.2) is 29.9 Å². The second-order valence-corrected chi connectivity index (χ2v) is 5.03. The van der Waals surface area contributed by atoms with Crippen LogP contribution < -0.4 is 5.73 Å². The van der Waals surface area contributed by atoms with Gasteiger partial charge in [0.25, 0.3) is 0 Å². The maximum absolute atomic E-state index is 11.4. The number of rotatable bonds is 2. The molecule has 1 amide bonds. The van der Waals surface area contributed by atoms with Gasteiger partial charge in [-0.15, -0.1) is 0 Å². The summed E-state index contributed by atoms with van der Waals surface area (Å²) >= 11 is 0. The summed E-state index contributed by atoms with van der Waals surface area (Å²) in [6.45, 7) is 8.26. The Labute approximate surface area is 80.3 Å². The van der Waals surface area contributed by atoms with Crippen LogP contribution in [0.5, 0.6) is 0 Å². The third-order valence-corrected chi connectivity index (χ3v) is 2.47. The first kappa shape index (κ1) is 10.5. The molecule has 1 rings (SSSR count). The van der Waals surface area contributed by atoms with Gasteiger partial charge in [-0.25, -0.2) is 0 Å². The summed E-state index contributed by atoms with van der Waals surface area (Å²) in [4.78, 5) is 13.3. The van der Waals surface area contributed by atoms with Crippen LogP contribution in [0.4, 0.5) is 0 Å². The standard InChI is InChI=1S/C10H20N2O/c1-10(2,3)5-7-12-6-4-8(11)9(12)13/h8H,4-7,11H2,1-3H3. The highest BCUT2D eigenvalue weighted by atomic mass is 16.2. The van der Waals surface area contributed by atoms with E-state index in [1.54, 1.807) is 0 Å². The molecule has 0 spiro atoms. The van der Waals surface area contributed by atoms with Crippen molar-refractivity contribution in [2.24, 2.45) is 11.1 Å². The first-order chi connectivity index (χ1) is 5.90. The van der Waals surface area contributed by atoms with Crippen LogP contribution >= 0.6 is 0 Å². The molecule has 0 aromatic heterocycles. The third kappa shape index (κ3) is 2.99. The van der Waals surface area contributed by atoms with E-state index in [-0.39, 0.29) is 11.9 Å². The molecule has 1 unspecified atom stereocenters. The molecule has 1 fully saturated rings. The summed E-state index contributed by atoms with van der Waals surface area (Å²) in [5.41, 5.74) is 5.92. The van der Waals surface area contributed by atoms with Crippen molar-refractivity contribution in [1.29, 1.82) is 0 Å². The minimum Gasteiger partial charge on any atom is -0.341 e. The van der Waals surface area contributed by atoms with Crippen molar-refractivity contribution in [3.8, 4) is 0 Å². The predicted molar refractivity (Wildman–Crippen MR) is 53.2 cm³/mol. The molecule has 3 nitrogen and oxygen atoms in total. The van der Waals surface area contributed by atoms with Crippen LogP contribution in [0.15, 0.2) is 0 Å². The van der Waals surface area contributed by atoms with Crippen molar-refractivity contribution >= 4 is 5.91 Å². The molecule has 0 aromatic carbocycles. The van der Waals surface area contributed by atoms with Gasteiger partial charge in [0, 0.05) is 13.1 Å². The summed E-state index contributed by atoms with van der Waals surface area (Å²) in [6.07, 6.45) is 1.87. The summed E-state index contributed by atoms with van der Waals surface area (Å²) in [5.74, 6) is 0.129. The number of nitrogens with two attached hydrogens (primary N) is 1. The van der Waals surface area contributed by atoms with Gasteiger partial charge in [-0.05, 0) is 18.3 Å². The minimum absolute atomic E-state index is 0.129. The van der Waals surface area contributed by atoms with Crippen LogP contribution in [0.2, 0.25) is 0 Å². The second-order valence-electron chi connectivity index (χ2n) is 5.03. The van der Waals surface area contributed by atoms with Crippen molar-refractivity contribution in [3.63, 3.8) is 0 Å². The number of hydrogen-bond acceptors (Lipinski definition) is 2. The smallest absolute Gasteiger partial charge is 0.239 e. The number of carbonyl (C=O) groups is 1. The molecular formula is C10H20N2O. The molecule has 0 saturated carbocycles. The molecule has 76 valence electrons. The largest absolute Gasteiger partial charge is 0.341 e. The van der Waals surface area contributed by atoms with Crippen LogP contribution in [0.25, 0.3) is 0 Å². The molecule has 13 heavy (non-hydrogen) atoms. The predicted octanol–water partition coefficient (Wildman–Crippen LogP) is 0.982. The van der Waals surface area contributed by atoms with Crippen LogP contribution in [0.1, 0.15) is 33.6 Å². The van der Waals surface area contributed by atoms with Crippen molar-refractivity contribution in [3.05, 3.63) is 0 Å². The fourth-order valence-corrected chi connectivity index (χ4v) is 1.46. The van der Waals surface area contributed by atoms with E-state index in [0.29, 0.717) is 5.41 Å². The van der Waals surface area contributed by atoms with E-state index >= 15 is 0 Å². The van der Waals surface area contributed by atoms with E-state index in [4.69, 9.17) is 5.73 Å². The molecule has 1 aliphatic rings. The Morgan fingerprint density at radius 3 is 2.54 bits per heavy atom. The summed E-state index contributed by atoms with van der Waals surface area (Å²) in [7, 11) is 0. The lowest BCUT2D eigenvalue weighted by Crippen LogP contribution is -2.35. The van der Waals surface area contributed by atoms with Gasteiger partial charge in [-0.1, -0.05) is 20.8 Å². The quantitative estimate of drug-likeness (QED) is 0.695. The van der Waals surface area contributed by atoms with Gasteiger partial charge in [-0.2, -0.15) is 0 Å². The number of hydrogen-bond donors (Lipinski definition) is 1. The van der Waals surface area contributed by atoms with Gasteiger partial charge in [0.1, 0.15) is 0 Å². The van der Waals surface area contributed by atoms with E-state index in [1.807, 2.05) is 4.90 Å². The van der Waals surface area contributed by atoms with Gasteiger partial charge in [0.2, 0.25) is 5.91 Å². The Morgan fingerprint density at radius 2 is 2.15 bits per heavy atom. The van der Waals surface area contributed by atoms with E-state index in [9.17, 15) is 4.79 Å². The van der Waals surface area contributed by atoms with Gasteiger partial charge >= 0.3 is 0 Å². The zero-order valence-electron chi connectivity index (χ0n) is 8.84. The first-order valence-electron chi connectivity index (χ1n) is 4.94. The van der Waals surface area contributed by atoms with Crippen LogP contribution in [0.3, 0.4) is 0 Å². The van der Waals surface area contributed by atoms with E-state index < -0.39 is 0 Å². The SMILES string of the molecule is CC(C)(C)CCN1CCC(N)C1=O. The number of carbonyl (C=O) groups excluding carboxylic acids is 1. The topological polar surface area (TPSA) is 46.3 Å². The minimum atomic E-state index is -0.236. The Balaban J connectivity index is 2.35. The lowest BCUT2D eigenvalue weighted by atomic mass is 9.92. The molecule has 1 aliphatic heterocycles. The van der Waals surface area contributed by atoms with Gasteiger partial charge < -0.3 is 10.6 Å². The molecule has 0 aromatic rings. The molecule has 3 heteroatoms. The van der Waals surface area contributed by atoms with Gasteiger partial charge in [0.15, 0.2) is 0 Å². The Kier molecular flexibility index (Phi) is 2.96. The zero-order chi connectivity index (χ0) is 10.1. The summed E-state index contributed by atoms with van der Waals surface area (Å²) in [5, 5.41) is 0. The molecule has 0 radical (unpaired) electrons. The van der Waals surface area contributed by atoms with E-state index in [1.165, 1.54) is 0 Å². The summed E-state index contributed by atoms with van der Waals surface area (Å²) < 4.78 is 0. The van der Waals surface area contributed by atoms with Gasteiger partial charge in [-0.3, -0.25) is 4.79 Å². The maximum Gasteiger partial charge on any atom is 0.239 e. The number of amides is 1. The van der Waals surface area contributed by atoms with Crippen LogP contribution in [-0.2, 0) is 4.79 Å². The lowest BCUT2D eigenvalue weighted by molar-refractivity contribution is -0.129. The van der Waals surface area contributed by atoms with E-state index in [0.717, 1.165) is 25.9 Å². The Bertz CT molecular complexity index is 196. The van der Waals surface area contributed by atoms with Crippen molar-refractivity contribution in [2.75, 3.05) is 13.1 Å². The average Bonchev–Trinajstić information content (AvgIpc) is 2.29. The van der Waals surface area contributed by atoms with Crippen LogP contribution in [0, 0.1) is 5.41 Å². The fourth-order valence-electron chi connectivity index (χ4n) is 1.46. The number of likely N-dealkylation sites (tertiary alicyclic amines) is 1. The second kappa shape index (κ2) is 3.66. The van der Waals surface area contributed by atoms with E-state index in [2.05, 4.69) is 20.8 Å². The normalized spacial score (nSPS) is 24.2. The zero-order valence-corrected chi connectivity index (χ0v) is 8.84. The fraction of sp³-hybridized carbons (Fsp3) is 0.900. The van der Waals surface area contributed by atoms with Crippen molar-refractivity contribution < 1.29 is 4.79 Å². The Hall–Kier alpha value is -0.570. The average molecular weight is 184 g/mol. The highest BCUT2D eigenvalue weighted by Gasteiger charge is 2.28. The lowest BCUT2D eigenvalue weighted by Gasteiger charge is -2.23. The molecule has 1 atom stereocenters. The van der Waals surface area contributed by atoms with Gasteiger partial charge in [0.05, 0.1) is 6.04 Å². The molecule has 1 saturated heterocycles. The number of nitrogens with zero attached hydrogens (tertiary/aromatic N) is 1. The first-order valence-corrected chi connectivity index (χ1v) is 4.94. The Morgan fingerprint density at radius 1 is 1.54 bits per heavy atom. The molecular weight excluding hydrogens is 164 g/mol. The van der Waals surface area contributed by atoms with Crippen molar-refractivity contribution in [1.82, 2.24) is 4.90 Å². The molecule has 0 bridgehead atoms. The molecule has 2 N–H and O–H groups in total. The highest BCUT2D eigenvalue weighted by Crippen LogP contribution is 2.20. The monoisotopic (exact) mass is 184 g/mol. The highest BCUT2D eigenvalue weighted by molar-refractivity contribution is 5.83. The maximum atomic E-state index is 11.4.